The van der Waals surface area contributed by atoms with Crippen LogP contribution in [-0.4, -0.2) is 11.7 Å². The van der Waals surface area contributed by atoms with Gasteiger partial charge >= 0.3 is 0 Å². The predicted molar refractivity (Wildman–Crippen MR) is 65.7 cm³/mol. The second-order valence-electron chi connectivity index (χ2n) is 5.61. The van der Waals surface area contributed by atoms with Gasteiger partial charge in [-0.15, -0.1) is 0 Å². The van der Waals surface area contributed by atoms with E-state index < -0.39 is 0 Å². The van der Waals surface area contributed by atoms with E-state index in [0.717, 1.165) is 24.7 Å². The molecule has 1 unspecified atom stereocenters. The van der Waals surface area contributed by atoms with E-state index in [9.17, 15) is 0 Å². The molecule has 1 rings (SSSR count). The average Bonchev–Trinajstić information content (AvgIpc) is 2.45. The predicted octanol–water partition coefficient (Wildman–Crippen LogP) is 3.78. The molecule has 0 aliphatic heterocycles. The summed E-state index contributed by atoms with van der Waals surface area (Å²) in [7, 11) is 0. The number of aliphatic hydroxyl groups is 1. The lowest BCUT2D eigenvalue weighted by molar-refractivity contribution is 0.199. The highest BCUT2D eigenvalue weighted by Gasteiger charge is 2.39. The Kier molecular flexibility index (Phi) is 4.39. The zero-order valence-corrected chi connectivity index (χ0v) is 10.7. The second kappa shape index (κ2) is 5.16. The summed E-state index contributed by atoms with van der Waals surface area (Å²) in [5.74, 6) is 1.65. The molecule has 1 saturated carbocycles. The van der Waals surface area contributed by atoms with Crippen LogP contribution in [0.4, 0.5) is 0 Å². The van der Waals surface area contributed by atoms with Crippen LogP contribution < -0.4 is 0 Å². The van der Waals surface area contributed by atoms with Crippen LogP contribution in [0.2, 0.25) is 0 Å². The molecule has 0 aromatic heterocycles. The molecular formula is C14H26O. The molecule has 88 valence electrons. The van der Waals surface area contributed by atoms with E-state index in [1.54, 1.807) is 0 Å². The molecular weight excluding hydrogens is 184 g/mol. The van der Waals surface area contributed by atoms with Crippen molar-refractivity contribution in [3.8, 4) is 0 Å². The van der Waals surface area contributed by atoms with Crippen molar-refractivity contribution in [2.75, 3.05) is 6.61 Å². The van der Waals surface area contributed by atoms with Gasteiger partial charge in [0.25, 0.3) is 0 Å². The highest BCUT2D eigenvalue weighted by molar-refractivity contribution is 5.04. The van der Waals surface area contributed by atoms with Crippen molar-refractivity contribution in [3.05, 3.63) is 11.6 Å². The van der Waals surface area contributed by atoms with Gasteiger partial charge in [0.2, 0.25) is 0 Å². The summed E-state index contributed by atoms with van der Waals surface area (Å²) in [4.78, 5) is 0. The third kappa shape index (κ3) is 2.84. The van der Waals surface area contributed by atoms with Gasteiger partial charge in [-0.25, -0.2) is 0 Å². The fraction of sp³-hybridized carbons (Fsp3) is 0.857. The standard InChI is InChI=1S/C14H26O/c1-5-12(10-15)7-9-13-8-6-11(2)14(13,3)4/h7,11,13,15H,5-6,8-10H2,1-4H3/t11-,13?/m1/s1. The number of allylic oxidation sites excluding steroid dienone is 1. The number of rotatable bonds is 4. The van der Waals surface area contributed by atoms with Gasteiger partial charge in [0.15, 0.2) is 0 Å². The quantitative estimate of drug-likeness (QED) is 0.700. The van der Waals surface area contributed by atoms with Crippen molar-refractivity contribution in [2.45, 2.75) is 53.4 Å². The summed E-state index contributed by atoms with van der Waals surface area (Å²) in [6.45, 7) is 9.52. The zero-order chi connectivity index (χ0) is 11.5. The van der Waals surface area contributed by atoms with Gasteiger partial charge in [0, 0.05) is 0 Å². The molecule has 15 heavy (non-hydrogen) atoms. The van der Waals surface area contributed by atoms with E-state index in [1.807, 2.05) is 0 Å². The molecule has 0 aromatic carbocycles. The maximum absolute atomic E-state index is 9.11. The van der Waals surface area contributed by atoms with Crippen LogP contribution in [0.1, 0.15) is 53.4 Å². The van der Waals surface area contributed by atoms with Crippen molar-refractivity contribution in [1.82, 2.24) is 0 Å². The highest BCUT2D eigenvalue weighted by atomic mass is 16.3. The first-order chi connectivity index (χ1) is 7.02. The molecule has 1 fully saturated rings. The molecule has 0 saturated heterocycles. The molecule has 0 amide bonds. The summed E-state index contributed by atoms with van der Waals surface area (Å²) in [5.41, 5.74) is 1.68. The topological polar surface area (TPSA) is 20.2 Å². The Bertz CT molecular complexity index is 221. The Morgan fingerprint density at radius 3 is 2.47 bits per heavy atom. The fourth-order valence-corrected chi connectivity index (χ4v) is 2.65. The van der Waals surface area contributed by atoms with Gasteiger partial charge in [-0.2, -0.15) is 0 Å². The molecule has 0 bridgehead atoms. The molecule has 0 heterocycles. The normalized spacial score (nSPS) is 30.9. The maximum atomic E-state index is 9.11. The van der Waals surface area contributed by atoms with Crippen molar-refractivity contribution in [1.29, 1.82) is 0 Å². The van der Waals surface area contributed by atoms with Crippen LogP contribution in [0.5, 0.6) is 0 Å². The highest BCUT2D eigenvalue weighted by Crippen LogP contribution is 2.48. The number of hydrogen-bond donors (Lipinski definition) is 1. The summed E-state index contributed by atoms with van der Waals surface area (Å²) in [5, 5.41) is 9.11. The third-order valence-corrected chi connectivity index (χ3v) is 4.62. The van der Waals surface area contributed by atoms with Crippen LogP contribution in [-0.2, 0) is 0 Å². The van der Waals surface area contributed by atoms with Crippen LogP contribution in [0.25, 0.3) is 0 Å². The summed E-state index contributed by atoms with van der Waals surface area (Å²) in [6.07, 6.45) is 7.13. The van der Waals surface area contributed by atoms with E-state index in [0.29, 0.717) is 5.41 Å². The lowest BCUT2D eigenvalue weighted by atomic mass is 9.75. The molecule has 1 aliphatic carbocycles. The van der Waals surface area contributed by atoms with Crippen LogP contribution >= 0.6 is 0 Å². The van der Waals surface area contributed by atoms with E-state index in [4.69, 9.17) is 5.11 Å². The molecule has 2 atom stereocenters. The smallest absolute Gasteiger partial charge is 0.0641 e. The molecule has 1 heteroatoms. The number of aliphatic hydroxyl groups excluding tert-OH is 1. The van der Waals surface area contributed by atoms with E-state index in [2.05, 4.69) is 33.8 Å². The fourth-order valence-electron chi connectivity index (χ4n) is 2.65. The minimum absolute atomic E-state index is 0.235. The molecule has 1 aliphatic rings. The van der Waals surface area contributed by atoms with Crippen molar-refractivity contribution < 1.29 is 5.11 Å². The van der Waals surface area contributed by atoms with Gasteiger partial charge < -0.3 is 5.11 Å². The lowest BCUT2D eigenvalue weighted by Gasteiger charge is -2.30. The maximum Gasteiger partial charge on any atom is 0.0641 e. The van der Waals surface area contributed by atoms with Gasteiger partial charge in [0.05, 0.1) is 6.61 Å². The summed E-state index contributed by atoms with van der Waals surface area (Å²) >= 11 is 0. The zero-order valence-electron chi connectivity index (χ0n) is 10.7. The Morgan fingerprint density at radius 2 is 2.07 bits per heavy atom. The average molecular weight is 210 g/mol. The van der Waals surface area contributed by atoms with Crippen molar-refractivity contribution >= 4 is 0 Å². The van der Waals surface area contributed by atoms with E-state index >= 15 is 0 Å². The SMILES string of the molecule is CCC(=CCC1CC[C@@H](C)C1(C)C)CO. The second-order valence-corrected chi connectivity index (χ2v) is 5.61. The Labute approximate surface area is 94.6 Å². The lowest BCUT2D eigenvalue weighted by Crippen LogP contribution is -2.22. The monoisotopic (exact) mass is 210 g/mol. The minimum Gasteiger partial charge on any atom is -0.392 e. The van der Waals surface area contributed by atoms with E-state index in [-0.39, 0.29) is 6.61 Å². The van der Waals surface area contributed by atoms with Crippen LogP contribution in [0.15, 0.2) is 11.6 Å². The Hall–Kier alpha value is -0.300. The molecule has 1 N–H and O–H groups in total. The first-order valence-corrected chi connectivity index (χ1v) is 6.31. The molecule has 1 nitrogen and oxygen atoms in total. The largest absolute Gasteiger partial charge is 0.392 e. The molecule has 0 spiro atoms. The van der Waals surface area contributed by atoms with E-state index in [1.165, 1.54) is 18.4 Å². The van der Waals surface area contributed by atoms with Gasteiger partial charge in [-0.3, -0.25) is 0 Å². The van der Waals surface area contributed by atoms with Crippen molar-refractivity contribution in [2.24, 2.45) is 17.3 Å². The van der Waals surface area contributed by atoms with Gasteiger partial charge in [-0.1, -0.05) is 33.8 Å². The molecule has 0 radical (unpaired) electrons. The van der Waals surface area contributed by atoms with Gasteiger partial charge in [-0.05, 0) is 48.5 Å². The summed E-state index contributed by atoms with van der Waals surface area (Å²) in [6, 6.07) is 0. The van der Waals surface area contributed by atoms with Crippen LogP contribution in [0, 0.1) is 17.3 Å². The molecule has 0 aromatic rings. The Morgan fingerprint density at radius 1 is 1.40 bits per heavy atom. The number of hydrogen-bond acceptors (Lipinski definition) is 1. The first-order valence-electron chi connectivity index (χ1n) is 6.31. The van der Waals surface area contributed by atoms with Gasteiger partial charge in [0.1, 0.15) is 0 Å². The summed E-state index contributed by atoms with van der Waals surface area (Å²) < 4.78 is 0. The van der Waals surface area contributed by atoms with Crippen molar-refractivity contribution in [3.63, 3.8) is 0 Å². The third-order valence-electron chi connectivity index (χ3n) is 4.62. The Balaban J connectivity index is 2.56. The first kappa shape index (κ1) is 12.8. The van der Waals surface area contributed by atoms with Crippen LogP contribution in [0.3, 0.4) is 0 Å². The minimum atomic E-state index is 0.235.